The third kappa shape index (κ3) is 2.49. The number of halogens is 2. The van der Waals surface area contributed by atoms with E-state index in [1.165, 1.54) is 37.5 Å². The summed E-state index contributed by atoms with van der Waals surface area (Å²) in [4.78, 5) is 0. The maximum Gasteiger partial charge on any atom is 0.0406 e. The minimum Gasteiger partial charge on any atom is -0.0843 e. The van der Waals surface area contributed by atoms with Gasteiger partial charge in [0, 0.05) is 9.50 Å². The van der Waals surface area contributed by atoms with Crippen LogP contribution in [0.2, 0.25) is 5.02 Å². The van der Waals surface area contributed by atoms with E-state index in [9.17, 15) is 0 Å². The second-order valence-corrected chi connectivity index (χ2v) is 6.43. The number of benzene rings is 3. The molecule has 0 unspecified atom stereocenters. The largest absolute Gasteiger partial charge is 0.0843 e. The van der Waals surface area contributed by atoms with E-state index >= 15 is 0 Å². The Morgan fingerprint density at radius 1 is 0.952 bits per heavy atom. The predicted molar refractivity (Wildman–Crippen MR) is 96.2 cm³/mol. The van der Waals surface area contributed by atoms with Gasteiger partial charge in [0.1, 0.15) is 0 Å². The van der Waals surface area contributed by atoms with Gasteiger partial charge in [-0.25, -0.2) is 0 Å². The molecule has 0 aliphatic carbocycles. The van der Waals surface area contributed by atoms with E-state index < -0.39 is 0 Å². The van der Waals surface area contributed by atoms with Crippen LogP contribution in [0.3, 0.4) is 0 Å². The first-order valence-corrected chi connectivity index (χ1v) is 8.26. The van der Waals surface area contributed by atoms with E-state index in [-0.39, 0.29) is 0 Å². The van der Waals surface area contributed by atoms with E-state index in [2.05, 4.69) is 66.2 Å². The Labute approximate surface area is 138 Å². The molecule has 106 valence electrons. The molecule has 0 radical (unpaired) electrons. The Balaban J connectivity index is 2.44. The van der Waals surface area contributed by atoms with Crippen molar-refractivity contribution in [3.63, 3.8) is 0 Å². The molecule has 0 heterocycles. The van der Waals surface area contributed by atoms with Crippen LogP contribution in [-0.4, -0.2) is 0 Å². The van der Waals surface area contributed by atoms with Crippen molar-refractivity contribution in [1.29, 1.82) is 0 Å². The maximum absolute atomic E-state index is 6.04. The van der Waals surface area contributed by atoms with Gasteiger partial charge in [-0.2, -0.15) is 0 Å². The molecule has 0 bridgehead atoms. The predicted octanol–water partition coefficient (Wildman–Crippen LogP) is 6.79. The van der Waals surface area contributed by atoms with Crippen molar-refractivity contribution in [1.82, 2.24) is 0 Å². The Hall–Kier alpha value is -1.31. The van der Waals surface area contributed by atoms with E-state index in [0.29, 0.717) is 0 Å². The van der Waals surface area contributed by atoms with Gasteiger partial charge in [0.05, 0.1) is 0 Å². The maximum atomic E-state index is 6.04. The minimum absolute atomic E-state index is 0.773. The van der Waals surface area contributed by atoms with E-state index in [1.807, 2.05) is 12.1 Å². The van der Waals surface area contributed by atoms with E-state index in [4.69, 9.17) is 11.6 Å². The number of hydrogen-bond acceptors (Lipinski definition) is 0. The van der Waals surface area contributed by atoms with Crippen molar-refractivity contribution in [3.8, 4) is 11.1 Å². The fourth-order valence-corrected chi connectivity index (χ4v) is 3.68. The van der Waals surface area contributed by atoms with Gasteiger partial charge >= 0.3 is 0 Å². The lowest BCUT2D eigenvalue weighted by atomic mass is 9.89. The summed E-state index contributed by atoms with van der Waals surface area (Å²) in [6, 6.07) is 16.7. The fraction of sp³-hybridized carbons (Fsp3) is 0.158. The SMILES string of the molecule is CCc1c(C)c(Br)c2ccccc2c1-c1ccc(Cl)cc1. The molecule has 21 heavy (non-hydrogen) atoms. The summed E-state index contributed by atoms with van der Waals surface area (Å²) in [7, 11) is 0. The van der Waals surface area contributed by atoms with Gasteiger partial charge < -0.3 is 0 Å². The number of hydrogen-bond donors (Lipinski definition) is 0. The monoisotopic (exact) mass is 358 g/mol. The zero-order chi connectivity index (χ0) is 15.0. The summed E-state index contributed by atoms with van der Waals surface area (Å²) in [6.45, 7) is 4.40. The third-order valence-corrected chi connectivity index (χ3v) is 5.28. The normalized spacial score (nSPS) is 11.0. The lowest BCUT2D eigenvalue weighted by Gasteiger charge is -2.18. The van der Waals surface area contributed by atoms with Crippen molar-refractivity contribution in [2.24, 2.45) is 0 Å². The Kier molecular flexibility index (Phi) is 4.05. The zero-order valence-corrected chi connectivity index (χ0v) is 14.4. The summed E-state index contributed by atoms with van der Waals surface area (Å²) in [5.41, 5.74) is 5.26. The number of rotatable bonds is 2. The molecule has 0 atom stereocenters. The van der Waals surface area contributed by atoms with Gasteiger partial charge in [0.25, 0.3) is 0 Å². The van der Waals surface area contributed by atoms with Gasteiger partial charge in [0.2, 0.25) is 0 Å². The van der Waals surface area contributed by atoms with Gasteiger partial charge in [-0.3, -0.25) is 0 Å². The summed E-state index contributed by atoms with van der Waals surface area (Å²) in [5.74, 6) is 0. The molecule has 0 aliphatic rings. The Bertz CT molecular complexity index is 804. The molecular formula is C19H16BrCl. The number of fused-ring (bicyclic) bond motifs is 1. The first kappa shape index (κ1) is 14.6. The van der Waals surface area contributed by atoms with Crippen LogP contribution >= 0.6 is 27.5 Å². The van der Waals surface area contributed by atoms with Gasteiger partial charge in [-0.1, -0.05) is 54.9 Å². The lowest BCUT2D eigenvalue weighted by Crippen LogP contribution is -1.96. The summed E-state index contributed by atoms with van der Waals surface area (Å²) < 4.78 is 1.20. The molecule has 0 amide bonds. The van der Waals surface area contributed by atoms with Gasteiger partial charge in [0.15, 0.2) is 0 Å². The highest BCUT2D eigenvalue weighted by Crippen LogP contribution is 2.40. The smallest absolute Gasteiger partial charge is 0.0406 e. The summed E-state index contributed by atoms with van der Waals surface area (Å²) in [6.07, 6.45) is 1.01. The van der Waals surface area contributed by atoms with Crippen LogP contribution in [0, 0.1) is 6.92 Å². The fourth-order valence-electron chi connectivity index (χ4n) is 2.97. The van der Waals surface area contributed by atoms with Crippen LogP contribution in [0.25, 0.3) is 21.9 Å². The highest BCUT2D eigenvalue weighted by atomic mass is 79.9. The second-order valence-electron chi connectivity index (χ2n) is 5.20. The van der Waals surface area contributed by atoms with Crippen molar-refractivity contribution >= 4 is 38.3 Å². The average molecular weight is 360 g/mol. The average Bonchev–Trinajstić information content (AvgIpc) is 2.52. The van der Waals surface area contributed by atoms with Crippen LogP contribution in [0.5, 0.6) is 0 Å². The molecule has 0 nitrogen and oxygen atoms in total. The third-order valence-electron chi connectivity index (χ3n) is 4.00. The molecule has 0 N–H and O–H groups in total. The van der Waals surface area contributed by atoms with Crippen LogP contribution in [0.15, 0.2) is 53.0 Å². The molecule has 0 saturated carbocycles. The summed E-state index contributed by atoms with van der Waals surface area (Å²) in [5, 5.41) is 3.32. The minimum atomic E-state index is 0.773. The van der Waals surface area contributed by atoms with Crippen molar-refractivity contribution in [3.05, 3.63) is 69.2 Å². The van der Waals surface area contributed by atoms with Crippen LogP contribution in [-0.2, 0) is 6.42 Å². The standard InChI is InChI=1S/C19H16BrCl/c1-3-15-12(2)19(20)17-7-5-4-6-16(17)18(15)13-8-10-14(21)11-9-13/h4-11H,3H2,1-2H3. The molecular weight excluding hydrogens is 344 g/mol. The van der Waals surface area contributed by atoms with Gasteiger partial charge in [-0.15, -0.1) is 0 Å². The molecule has 3 aromatic rings. The van der Waals surface area contributed by atoms with Crippen molar-refractivity contribution in [2.75, 3.05) is 0 Å². The molecule has 3 rings (SSSR count). The topological polar surface area (TPSA) is 0 Å². The highest BCUT2D eigenvalue weighted by molar-refractivity contribution is 9.10. The van der Waals surface area contributed by atoms with Crippen LogP contribution < -0.4 is 0 Å². The molecule has 2 heteroatoms. The molecule has 0 fully saturated rings. The van der Waals surface area contributed by atoms with Crippen molar-refractivity contribution < 1.29 is 0 Å². The van der Waals surface area contributed by atoms with Crippen LogP contribution in [0.4, 0.5) is 0 Å². The zero-order valence-electron chi connectivity index (χ0n) is 12.1. The van der Waals surface area contributed by atoms with E-state index in [1.54, 1.807) is 0 Å². The first-order chi connectivity index (χ1) is 10.1. The highest BCUT2D eigenvalue weighted by Gasteiger charge is 2.15. The quantitative estimate of drug-likeness (QED) is 0.472. The van der Waals surface area contributed by atoms with Crippen LogP contribution in [0.1, 0.15) is 18.1 Å². The molecule has 0 aliphatic heterocycles. The second kappa shape index (κ2) is 5.82. The van der Waals surface area contributed by atoms with Gasteiger partial charge in [-0.05, 0) is 74.4 Å². The Morgan fingerprint density at radius 2 is 1.57 bits per heavy atom. The molecule has 0 saturated heterocycles. The lowest BCUT2D eigenvalue weighted by molar-refractivity contribution is 1.11. The molecule has 3 aromatic carbocycles. The first-order valence-electron chi connectivity index (χ1n) is 7.09. The summed E-state index contributed by atoms with van der Waals surface area (Å²) >= 11 is 9.81. The molecule has 0 spiro atoms. The van der Waals surface area contributed by atoms with Crippen molar-refractivity contribution in [2.45, 2.75) is 20.3 Å². The van der Waals surface area contributed by atoms with E-state index in [0.717, 1.165) is 11.4 Å². The molecule has 0 aromatic heterocycles. The Morgan fingerprint density at radius 3 is 2.19 bits per heavy atom.